The minimum absolute atomic E-state index is 0.0633. The molecule has 0 aliphatic carbocycles. The van der Waals surface area contributed by atoms with Gasteiger partial charge in [0, 0.05) is 20.6 Å². The van der Waals surface area contributed by atoms with Crippen molar-refractivity contribution in [3.8, 4) is 0 Å². The first-order valence-electron chi connectivity index (χ1n) is 7.58. The topological polar surface area (TPSA) is 74.8 Å². The molecule has 1 aliphatic heterocycles. The molecule has 2 aromatic rings. The fourth-order valence-corrected chi connectivity index (χ4v) is 5.20. The van der Waals surface area contributed by atoms with E-state index in [2.05, 4.69) is 0 Å². The molecule has 0 fully saturated rings. The zero-order valence-electron chi connectivity index (χ0n) is 14.0. The molecule has 0 aromatic heterocycles. The minimum Gasteiger partial charge on any atom is -0.266 e. The van der Waals surface area contributed by atoms with Gasteiger partial charge in [-0.15, -0.1) is 0 Å². The van der Waals surface area contributed by atoms with Gasteiger partial charge in [-0.1, -0.05) is 0 Å². The third kappa shape index (κ3) is 2.97. The predicted molar refractivity (Wildman–Crippen MR) is 91.9 cm³/mol. The Morgan fingerprint density at radius 1 is 0.923 bits per heavy atom. The highest BCUT2D eigenvalue weighted by molar-refractivity contribution is 7.92. The van der Waals surface area contributed by atoms with E-state index in [0.717, 1.165) is 20.7 Å². The Morgan fingerprint density at radius 3 is 2.19 bits per heavy atom. The van der Waals surface area contributed by atoms with Crippen molar-refractivity contribution in [1.29, 1.82) is 0 Å². The summed E-state index contributed by atoms with van der Waals surface area (Å²) < 4.78 is 78.6. The van der Waals surface area contributed by atoms with Crippen LogP contribution < -0.4 is 4.31 Å². The summed E-state index contributed by atoms with van der Waals surface area (Å²) in [6.45, 7) is 0.0854. The third-order valence-electron chi connectivity index (χ3n) is 4.16. The van der Waals surface area contributed by atoms with E-state index in [1.165, 1.54) is 32.3 Å². The van der Waals surface area contributed by atoms with Crippen molar-refractivity contribution in [2.45, 2.75) is 16.2 Å². The van der Waals surface area contributed by atoms with Crippen LogP contribution >= 0.6 is 0 Å². The van der Waals surface area contributed by atoms with Crippen molar-refractivity contribution < 1.29 is 25.6 Å². The molecule has 0 unspecified atom stereocenters. The van der Waals surface area contributed by atoms with Gasteiger partial charge in [0.05, 0.1) is 15.5 Å². The van der Waals surface area contributed by atoms with Crippen molar-refractivity contribution in [3.63, 3.8) is 0 Å². The van der Waals surface area contributed by atoms with Gasteiger partial charge < -0.3 is 0 Å². The lowest BCUT2D eigenvalue weighted by Gasteiger charge is -2.20. The average molecular weight is 402 g/mol. The number of hydrogen-bond acceptors (Lipinski definition) is 4. The number of benzene rings is 2. The van der Waals surface area contributed by atoms with Gasteiger partial charge in [0.25, 0.3) is 10.0 Å². The molecular formula is C16H16F2N2O4S2. The van der Waals surface area contributed by atoms with Crippen LogP contribution in [-0.2, 0) is 26.5 Å². The van der Waals surface area contributed by atoms with Crippen LogP contribution in [0.25, 0.3) is 0 Å². The Bertz CT molecular complexity index is 1080. The van der Waals surface area contributed by atoms with E-state index in [1.807, 2.05) is 0 Å². The van der Waals surface area contributed by atoms with Gasteiger partial charge in [0.2, 0.25) is 10.0 Å². The van der Waals surface area contributed by atoms with Gasteiger partial charge in [-0.25, -0.2) is 29.9 Å². The van der Waals surface area contributed by atoms with Crippen molar-refractivity contribution in [2.24, 2.45) is 0 Å². The number of anilines is 1. The second-order valence-corrected chi connectivity index (χ2v) is 10.00. The summed E-state index contributed by atoms with van der Waals surface area (Å²) in [6, 6.07) is 6.56. The highest BCUT2D eigenvalue weighted by Gasteiger charge is 2.32. The molecule has 0 bridgehead atoms. The Hall–Kier alpha value is -2.04. The van der Waals surface area contributed by atoms with Gasteiger partial charge in [-0.05, 0) is 48.4 Å². The SMILES string of the molecule is CN(C)S(=O)(=O)c1ccc2c(c1)CCN2S(=O)(=O)c1ccc(F)c(F)c1. The highest BCUT2D eigenvalue weighted by atomic mass is 32.2. The van der Waals surface area contributed by atoms with Gasteiger partial charge in [0.15, 0.2) is 11.6 Å². The number of rotatable bonds is 4. The predicted octanol–water partition coefficient (Wildman–Crippen LogP) is 1.97. The average Bonchev–Trinajstić information content (AvgIpc) is 3.00. The lowest BCUT2D eigenvalue weighted by atomic mass is 10.2. The lowest BCUT2D eigenvalue weighted by Crippen LogP contribution is -2.29. The Balaban J connectivity index is 2.03. The van der Waals surface area contributed by atoms with Gasteiger partial charge >= 0.3 is 0 Å². The molecule has 26 heavy (non-hydrogen) atoms. The van der Waals surface area contributed by atoms with Crippen LogP contribution in [0.1, 0.15) is 5.56 Å². The van der Waals surface area contributed by atoms with Crippen molar-refractivity contribution in [2.75, 3.05) is 24.9 Å². The summed E-state index contributed by atoms with van der Waals surface area (Å²) >= 11 is 0. The molecule has 10 heteroatoms. The fraction of sp³-hybridized carbons (Fsp3) is 0.250. The summed E-state index contributed by atoms with van der Waals surface area (Å²) in [4.78, 5) is -0.303. The summed E-state index contributed by atoms with van der Waals surface area (Å²) in [6.07, 6.45) is 0.315. The molecule has 1 aliphatic rings. The number of sulfonamides is 2. The van der Waals surface area contributed by atoms with Gasteiger partial charge in [-0.2, -0.15) is 0 Å². The number of fused-ring (bicyclic) bond motifs is 1. The maximum atomic E-state index is 13.4. The maximum Gasteiger partial charge on any atom is 0.264 e. The molecule has 0 saturated heterocycles. The van der Waals surface area contributed by atoms with Crippen molar-refractivity contribution in [1.82, 2.24) is 4.31 Å². The lowest BCUT2D eigenvalue weighted by molar-refractivity contribution is 0.504. The van der Waals surface area contributed by atoms with E-state index in [-0.39, 0.29) is 16.3 Å². The second kappa shape index (κ2) is 6.29. The van der Waals surface area contributed by atoms with Crippen LogP contribution in [0.15, 0.2) is 46.2 Å². The summed E-state index contributed by atoms with van der Waals surface area (Å²) in [5.74, 6) is -2.39. The summed E-state index contributed by atoms with van der Waals surface area (Å²) in [5, 5.41) is 0. The standard InChI is InChI=1S/C16H16F2N2O4S2/c1-19(2)25(21,22)12-4-6-16-11(9-12)7-8-20(16)26(23,24)13-3-5-14(17)15(18)10-13/h3-6,9-10H,7-8H2,1-2H3. The van der Waals surface area contributed by atoms with Crippen LogP contribution in [0.5, 0.6) is 0 Å². The molecule has 2 aromatic carbocycles. The Labute approximate surface area is 150 Å². The molecule has 0 spiro atoms. The van der Waals surface area contributed by atoms with E-state index in [4.69, 9.17) is 0 Å². The molecule has 0 atom stereocenters. The zero-order chi connectivity index (χ0) is 19.3. The smallest absolute Gasteiger partial charge is 0.264 e. The second-order valence-electron chi connectivity index (χ2n) is 5.98. The molecule has 0 N–H and O–H groups in total. The molecule has 0 radical (unpaired) electrons. The van der Waals surface area contributed by atoms with E-state index in [0.29, 0.717) is 23.7 Å². The Morgan fingerprint density at radius 2 is 1.58 bits per heavy atom. The largest absolute Gasteiger partial charge is 0.266 e. The van der Waals surface area contributed by atoms with Crippen molar-refractivity contribution >= 4 is 25.7 Å². The molecule has 0 saturated carbocycles. The van der Waals surface area contributed by atoms with Crippen LogP contribution in [-0.4, -0.2) is 41.8 Å². The summed E-state index contributed by atoms with van der Waals surface area (Å²) in [5.41, 5.74) is 0.881. The first kappa shape index (κ1) is 18.7. The number of nitrogens with zero attached hydrogens (tertiary/aromatic N) is 2. The molecule has 1 heterocycles. The molecule has 0 amide bonds. The van der Waals surface area contributed by atoms with E-state index < -0.39 is 31.7 Å². The van der Waals surface area contributed by atoms with Gasteiger partial charge in [-0.3, -0.25) is 4.31 Å². The number of hydrogen-bond donors (Lipinski definition) is 0. The third-order valence-corrected chi connectivity index (χ3v) is 7.78. The molecule has 6 nitrogen and oxygen atoms in total. The van der Waals surface area contributed by atoms with E-state index >= 15 is 0 Å². The molecule has 140 valence electrons. The Kier molecular flexibility index (Phi) is 4.53. The molecule has 3 rings (SSSR count). The monoisotopic (exact) mass is 402 g/mol. The molecular weight excluding hydrogens is 386 g/mol. The van der Waals surface area contributed by atoms with Crippen LogP contribution in [0.2, 0.25) is 0 Å². The van der Waals surface area contributed by atoms with E-state index in [9.17, 15) is 25.6 Å². The normalized spacial score (nSPS) is 14.7. The maximum absolute atomic E-state index is 13.4. The van der Waals surface area contributed by atoms with Crippen molar-refractivity contribution in [3.05, 3.63) is 53.6 Å². The first-order valence-corrected chi connectivity index (χ1v) is 10.5. The minimum atomic E-state index is -4.09. The van der Waals surface area contributed by atoms with Crippen LogP contribution in [0.3, 0.4) is 0 Å². The highest BCUT2D eigenvalue weighted by Crippen LogP contribution is 2.35. The zero-order valence-corrected chi connectivity index (χ0v) is 15.6. The summed E-state index contributed by atoms with van der Waals surface area (Å²) in [7, 11) is -4.92. The first-order chi connectivity index (χ1) is 12.0. The van der Waals surface area contributed by atoms with E-state index in [1.54, 1.807) is 0 Å². The van der Waals surface area contributed by atoms with Crippen LogP contribution in [0.4, 0.5) is 14.5 Å². The number of halogens is 2. The fourth-order valence-electron chi connectivity index (χ4n) is 2.73. The van der Waals surface area contributed by atoms with Crippen LogP contribution in [0, 0.1) is 11.6 Å². The van der Waals surface area contributed by atoms with Gasteiger partial charge in [0.1, 0.15) is 0 Å². The quantitative estimate of drug-likeness (QED) is 0.784.